The Labute approximate surface area is 253 Å². The average Bonchev–Trinajstić information content (AvgIpc) is 3.14. The van der Waals surface area contributed by atoms with Gasteiger partial charge in [-0.2, -0.15) is 0 Å². The Morgan fingerprint density at radius 1 is 0.860 bits per heavy atom. The summed E-state index contributed by atoms with van der Waals surface area (Å²) in [6, 6.07) is 24.1. The minimum atomic E-state index is -1.18. The fourth-order valence-corrected chi connectivity index (χ4v) is 5.24. The molecular weight excluding hydrogens is 542 g/mol. The monoisotopic (exact) mass is 581 g/mol. The Morgan fingerprint density at radius 3 is 1.98 bits per heavy atom. The molecule has 0 saturated carbocycles. The van der Waals surface area contributed by atoms with E-state index >= 15 is 0 Å². The molecule has 1 heterocycles. The highest BCUT2D eigenvalue weighted by molar-refractivity contribution is 6.09. The minimum absolute atomic E-state index is 0.0142. The molecule has 0 radical (unpaired) electrons. The molecule has 8 nitrogen and oxygen atoms in total. The van der Waals surface area contributed by atoms with Crippen LogP contribution in [0.4, 0.5) is 4.79 Å². The van der Waals surface area contributed by atoms with Crippen LogP contribution >= 0.6 is 0 Å². The second-order valence-electron chi connectivity index (χ2n) is 11.8. The number of nitrogens with zero attached hydrogens (tertiary/aromatic N) is 2. The molecule has 2 N–H and O–H groups in total. The van der Waals surface area contributed by atoms with Gasteiger partial charge < -0.3 is 15.3 Å². The van der Waals surface area contributed by atoms with E-state index in [0.717, 1.165) is 21.6 Å². The van der Waals surface area contributed by atoms with Crippen LogP contribution in [0.5, 0.6) is 0 Å². The van der Waals surface area contributed by atoms with Crippen LogP contribution in [0.3, 0.4) is 0 Å². The Balaban J connectivity index is 1.54. The maximum Gasteiger partial charge on any atom is 0.328 e. The fourth-order valence-electron chi connectivity index (χ4n) is 5.24. The van der Waals surface area contributed by atoms with Gasteiger partial charge in [-0.1, -0.05) is 111 Å². The number of rotatable bonds is 12. The van der Waals surface area contributed by atoms with Crippen molar-refractivity contribution in [3.8, 4) is 0 Å². The number of nitrogens with one attached hydrogen (secondary N) is 1. The van der Waals surface area contributed by atoms with Crippen LogP contribution in [0.1, 0.15) is 68.8 Å². The van der Waals surface area contributed by atoms with Crippen molar-refractivity contribution in [3.05, 3.63) is 107 Å². The Kier molecular flexibility index (Phi) is 9.80. The summed E-state index contributed by atoms with van der Waals surface area (Å²) >= 11 is 0. The molecule has 0 bridgehead atoms. The molecule has 0 spiro atoms. The summed E-state index contributed by atoms with van der Waals surface area (Å²) in [5.74, 6) is -2.11. The van der Waals surface area contributed by atoms with Crippen molar-refractivity contribution in [1.29, 1.82) is 0 Å². The first-order chi connectivity index (χ1) is 20.5. The second kappa shape index (κ2) is 13.5. The van der Waals surface area contributed by atoms with Gasteiger partial charge in [0.05, 0.1) is 12.5 Å². The lowest BCUT2D eigenvalue weighted by Gasteiger charge is -2.29. The molecule has 0 unspecified atom stereocenters. The lowest BCUT2D eigenvalue weighted by atomic mass is 9.98. The molecule has 1 fully saturated rings. The van der Waals surface area contributed by atoms with Crippen molar-refractivity contribution in [2.24, 2.45) is 5.92 Å². The first-order valence-corrected chi connectivity index (χ1v) is 14.5. The van der Waals surface area contributed by atoms with Crippen molar-refractivity contribution in [2.45, 2.75) is 64.7 Å². The minimum Gasteiger partial charge on any atom is -0.481 e. The van der Waals surface area contributed by atoms with Crippen LogP contribution in [0.2, 0.25) is 0 Å². The van der Waals surface area contributed by atoms with E-state index in [1.807, 2.05) is 80.6 Å². The SMILES string of the molecule is CC(C)C[C@@H](C(=O)N[C@H](CC(=O)O)c1ccccc1)N1C(=O)N(Cc2ccc(C=Cc3ccccc3)cc2)C(C)(C)C1=O. The van der Waals surface area contributed by atoms with Gasteiger partial charge in [-0.25, -0.2) is 9.69 Å². The van der Waals surface area contributed by atoms with E-state index in [1.54, 1.807) is 44.2 Å². The van der Waals surface area contributed by atoms with Gasteiger partial charge in [0.1, 0.15) is 11.6 Å². The summed E-state index contributed by atoms with van der Waals surface area (Å²) in [7, 11) is 0. The molecular formula is C35H39N3O5. The smallest absolute Gasteiger partial charge is 0.328 e. The summed E-state index contributed by atoms with van der Waals surface area (Å²) in [5, 5.41) is 12.3. The van der Waals surface area contributed by atoms with Gasteiger partial charge in [0, 0.05) is 6.54 Å². The lowest BCUT2D eigenvalue weighted by Crippen LogP contribution is -2.52. The fraction of sp³-hybridized carbons (Fsp3) is 0.314. The maximum absolute atomic E-state index is 13.9. The van der Waals surface area contributed by atoms with Gasteiger partial charge in [-0.3, -0.25) is 14.4 Å². The third-order valence-electron chi connectivity index (χ3n) is 7.65. The Bertz CT molecular complexity index is 1470. The number of carbonyl (C=O) groups excluding carboxylic acids is 3. The number of carboxylic acid groups (broad SMARTS) is 1. The molecule has 4 rings (SSSR count). The van der Waals surface area contributed by atoms with E-state index in [4.69, 9.17) is 0 Å². The molecule has 2 atom stereocenters. The normalized spacial score (nSPS) is 16.1. The first-order valence-electron chi connectivity index (χ1n) is 14.5. The summed E-state index contributed by atoms with van der Waals surface area (Å²) in [5.41, 5.74) is 2.39. The zero-order chi connectivity index (χ0) is 31.1. The molecule has 1 aliphatic rings. The van der Waals surface area contributed by atoms with E-state index in [9.17, 15) is 24.3 Å². The van der Waals surface area contributed by atoms with Gasteiger partial charge in [0.25, 0.3) is 5.91 Å². The van der Waals surface area contributed by atoms with Crippen LogP contribution in [-0.2, 0) is 20.9 Å². The molecule has 3 aromatic carbocycles. The van der Waals surface area contributed by atoms with Crippen LogP contribution in [0, 0.1) is 5.92 Å². The molecule has 0 aromatic heterocycles. The van der Waals surface area contributed by atoms with Crippen molar-refractivity contribution in [3.63, 3.8) is 0 Å². The Hall–Kier alpha value is -4.72. The zero-order valence-corrected chi connectivity index (χ0v) is 25.1. The second-order valence-corrected chi connectivity index (χ2v) is 11.8. The summed E-state index contributed by atoms with van der Waals surface area (Å²) in [6.07, 6.45) is 3.94. The van der Waals surface area contributed by atoms with Crippen LogP contribution in [0.25, 0.3) is 12.2 Å². The van der Waals surface area contributed by atoms with Gasteiger partial charge >= 0.3 is 12.0 Å². The highest BCUT2D eigenvalue weighted by Crippen LogP contribution is 2.33. The molecule has 1 saturated heterocycles. The predicted octanol–water partition coefficient (Wildman–Crippen LogP) is 6.15. The highest BCUT2D eigenvalue weighted by atomic mass is 16.4. The third kappa shape index (κ3) is 7.57. The molecule has 1 aliphatic heterocycles. The summed E-state index contributed by atoms with van der Waals surface area (Å²) < 4.78 is 0. The van der Waals surface area contributed by atoms with Crippen molar-refractivity contribution < 1.29 is 24.3 Å². The van der Waals surface area contributed by atoms with Crippen molar-refractivity contribution in [2.75, 3.05) is 0 Å². The number of hydrogen-bond donors (Lipinski definition) is 2. The molecule has 0 aliphatic carbocycles. The molecule has 3 aromatic rings. The molecule has 224 valence electrons. The van der Waals surface area contributed by atoms with E-state index in [-0.39, 0.29) is 25.3 Å². The van der Waals surface area contributed by atoms with Crippen molar-refractivity contribution in [1.82, 2.24) is 15.1 Å². The topological polar surface area (TPSA) is 107 Å². The number of benzene rings is 3. The number of imide groups is 1. The number of amides is 4. The zero-order valence-electron chi connectivity index (χ0n) is 25.1. The molecule has 8 heteroatoms. The number of carbonyl (C=O) groups is 4. The highest BCUT2D eigenvalue weighted by Gasteiger charge is 2.54. The number of aliphatic carboxylic acids is 1. The summed E-state index contributed by atoms with van der Waals surface area (Å²) in [4.78, 5) is 55.5. The van der Waals surface area contributed by atoms with Crippen molar-refractivity contribution >= 4 is 36.0 Å². The van der Waals surface area contributed by atoms with Gasteiger partial charge in [0.15, 0.2) is 0 Å². The number of urea groups is 1. The van der Waals surface area contributed by atoms with Gasteiger partial charge in [0.2, 0.25) is 5.91 Å². The Morgan fingerprint density at radius 2 is 1.42 bits per heavy atom. The van der Waals surface area contributed by atoms with E-state index in [1.165, 1.54) is 4.90 Å². The number of carboxylic acids is 1. The van der Waals surface area contributed by atoms with Crippen LogP contribution in [-0.4, -0.2) is 50.3 Å². The van der Waals surface area contributed by atoms with Crippen LogP contribution in [0.15, 0.2) is 84.9 Å². The molecule has 4 amide bonds. The van der Waals surface area contributed by atoms with Gasteiger partial charge in [-0.15, -0.1) is 0 Å². The van der Waals surface area contributed by atoms with E-state index in [2.05, 4.69) is 5.32 Å². The number of hydrogen-bond acceptors (Lipinski definition) is 4. The molecule has 43 heavy (non-hydrogen) atoms. The van der Waals surface area contributed by atoms with Gasteiger partial charge in [-0.05, 0) is 48.4 Å². The van der Waals surface area contributed by atoms with Crippen LogP contribution < -0.4 is 5.32 Å². The predicted molar refractivity (Wildman–Crippen MR) is 166 cm³/mol. The van der Waals surface area contributed by atoms with E-state index in [0.29, 0.717) is 5.56 Å². The largest absolute Gasteiger partial charge is 0.481 e. The quantitative estimate of drug-likeness (QED) is 0.197. The maximum atomic E-state index is 13.9. The lowest BCUT2D eigenvalue weighted by molar-refractivity contribution is -0.140. The van der Waals surface area contributed by atoms with E-state index < -0.39 is 41.4 Å². The standard InChI is InChI=1S/C35H39N3O5/c1-24(2)21-30(32(41)36-29(22-31(39)40)28-13-9-6-10-14-28)38-33(42)35(3,4)37(34(38)43)23-27-19-17-26(18-20-27)16-15-25-11-7-5-8-12-25/h5-20,24,29-30H,21-23H2,1-4H3,(H,36,41)(H,39,40)/t29-,30+/m1/s1. The third-order valence-corrected chi connectivity index (χ3v) is 7.65. The summed E-state index contributed by atoms with van der Waals surface area (Å²) in [6.45, 7) is 7.39. The average molecular weight is 582 g/mol. The first kappa shape index (κ1) is 31.2.